The Balaban J connectivity index is 2.30. The second-order valence-electron chi connectivity index (χ2n) is 4.35. The number of rotatable bonds is 4. The molecule has 0 spiro atoms. The van der Waals surface area contributed by atoms with E-state index < -0.39 is 15.9 Å². The fraction of sp³-hybridized carbons (Fsp3) is 0.308. The van der Waals surface area contributed by atoms with Crippen LogP contribution in [-0.2, 0) is 9.84 Å². The molecule has 0 aliphatic rings. The smallest absolute Gasteiger partial charge is 0.147 e. The van der Waals surface area contributed by atoms with Crippen molar-refractivity contribution < 1.29 is 13.5 Å². The summed E-state index contributed by atoms with van der Waals surface area (Å²) in [6.45, 7) is 0. The molecule has 1 aromatic heterocycles. The zero-order valence-corrected chi connectivity index (χ0v) is 10.9. The third kappa shape index (κ3) is 3.05. The second-order valence-corrected chi connectivity index (χ2v) is 6.61. The molecule has 1 N–H and O–H groups in total. The number of aliphatic hydroxyl groups excluding tert-OH is 1. The van der Waals surface area contributed by atoms with Gasteiger partial charge in [0.1, 0.15) is 9.84 Å². The molecule has 1 heterocycles. The lowest BCUT2D eigenvalue weighted by molar-refractivity contribution is 0.176. The molecule has 0 aliphatic carbocycles. The van der Waals surface area contributed by atoms with Crippen molar-refractivity contribution in [1.82, 2.24) is 4.98 Å². The number of sulfone groups is 1. The van der Waals surface area contributed by atoms with E-state index in [1.807, 2.05) is 18.2 Å². The van der Waals surface area contributed by atoms with E-state index in [2.05, 4.69) is 4.98 Å². The molecule has 0 bridgehead atoms. The molecule has 18 heavy (non-hydrogen) atoms. The number of benzene rings is 1. The second kappa shape index (κ2) is 5.04. The molecule has 0 saturated carbocycles. The van der Waals surface area contributed by atoms with Crippen LogP contribution in [0.2, 0.25) is 0 Å². The number of hydrogen-bond acceptors (Lipinski definition) is 4. The van der Waals surface area contributed by atoms with Gasteiger partial charge in [0.25, 0.3) is 0 Å². The predicted octanol–water partition coefficient (Wildman–Crippen LogP) is 1.70. The Morgan fingerprint density at radius 3 is 2.78 bits per heavy atom. The van der Waals surface area contributed by atoms with Crippen LogP contribution in [0.25, 0.3) is 10.9 Å². The molecule has 96 valence electrons. The molecule has 0 radical (unpaired) electrons. The maximum Gasteiger partial charge on any atom is 0.147 e. The summed E-state index contributed by atoms with van der Waals surface area (Å²) < 4.78 is 22.2. The Labute approximate surface area is 106 Å². The molecule has 4 nitrogen and oxygen atoms in total. The molecule has 0 amide bonds. The molecule has 5 heteroatoms. The average Bonchev–Trinajstić information content (AvgIpc) is 2.34. The van der Waals surface area contributed by atoms with Crippen LogP contribution < -0.4 is 0 Å². The van der Waals surface area contributed by atoms with E-state index in [1.54, 1.807) is 18.3 Å². The van der Waals surface area contributed by atoms with Gasteiger partial charge in [-0.25, -0.2) is 8.42 Å². The fourth-order valence-corrected chi connectivity index (χ4v) is 2.55. The van der Waals surface area contributed by atoms with Crippen LogP contribution in [0.3, 0.4) is 0 Å². The third-order valence-electron chi connectivity index (χ3n) is 2.80. The number of nitrogens with zero attached hydrogens (tertiary/aromatic N) is 1. The maximum absolute atomic E-state index is 11.1. The van der Waals surface area contributed by atoms with Crippen LogP contribution in [0.5, 0.6) is 0 Å². The fourth-order valence-electron chi connectivity index (χ4n) is 1.90. The van der Waals surface area contributed by atoms with Gasteiger partial charge in [-0.2, -0.15) is 0 Å². The van der Waals surface area contributed by atoms with E-state index in [9.17, 15) is 13.5 Å². The van der Waals surface area contributed by atoms with Gasteiger partial charge in [-0.05, 0) is 24.1 Å². The maximum atomic E-state index is 11.1. The van der Waals surface area contributed by atoms with Crippen molar-refractivity contribution in [3.05, 3.63) is 42.1 Å². The van der Waals surface area contributed by atoms with E-state index in [1.165, 1.54) is 6.26 Å². The summed E-state index contributed by atoms with van der Waals surface area (Å²) in [5.74, 6) is -0.0230. The summed E-state index contributed by atoms with van der Waals surface area (Å²) in [5, 5.41) is 11.0. The summed E-state index contributed by atoms with van der Waals surface area (Å²) in [7, 11) is -3.06. The van der Waals surface area contributed by atoms with Gasteiger partial charge in [-0.15, -0.1) is 0 Å². The van der Waals surface area contributed by atoms with Crippen molar-refractivity contribution in [1.29, 1.82) is 0 Å². The van der Waals surface area contributed by atoms with Crippen molar-refractivity contribution in [2.75, 3.05) is 12.0 Å². The van der Waals surface area contributed by atoms with Gasteiger partial charge in [-0.1, -0.05) is 18.2 Å². The minimum atomic E-state index is -3.06. The van der Waals surface area contributed by atoms with Crippen molar-refractivity contribution >= 4 is 20.7 Å². The van der Waals surface area contributed by atoms with Crippen LogP contribution in [-0.4, -0.2) is 30.5 Å². The highest BCUT2D eigenvalue weighted by Gasteiger charge is 2.14. The lowest BCUT2D eigenvalue weighted by Crippen LogP contribution is -2.08. The minimum absolute atomic E-state index is 0.0230. The average molecular weight is 265 g/mol. The molecule has 2 aromatic rings. The monoisotopic (exact) mass is 265 g/mol. The van der Waals surface area contributed by atoms with Gasteiger partial charge in [-0.3, -0.25) is 4.98 Å². The number of fused-ring (bicyclic) bond motifs is 1. The molecule has 1 aromatic carbocycles. The van der Waals surface area contributed by atoms with Crippen LogP contribution in [0.4, 0.5) is 0 Å². The molecule has 1 atom stereocenters. The number of aromatic nitrogens is 1. The van der Waals surface area contributed by atoms with E-state index in [0.717, 1.165) is 16.5 Å². The SMILES string of the molecule is CS(=O)(=O)CCC(O)c1cccc2ncccc12. The predicted molar refractivity (Wildman–Crippen MR) is 71.0 cm³/mol. The van der Waals surface area contributed by atoms with Crippen molar-refractivity contribution in [3.8, 4) is 0 Å². The van der Waals surface area contributed by atoms with Crippen LogP contribution in [0, 0.1) is 0 Å². The van der Waals surface area contributed by atoms with Crippen molar-refractivity contribution in [2.45, 2.75) is 12.5 Å². The van der Waals surface area contributed by atoms with Crippen LogP contribution >= 0.6 is 0 Å². The van der Waals surface area contributed by atoms with Crippen LogP contribution in [0.15, 0.2) is 36.5 Å². The highest BCUT2D eigenvalue weighted by atomic mass is 32.2. The van der Waals surface area contributed by atoms with E-state index in [-0.39, 0.29) is 12.2 Å². The number of pyridine rings is 1. The lowest BCUT2D eigenvalue weighted by Gasteiger charge is -2.12. The minimum Gasteiger partial charge on any atom is -0.388 e. The summed E-state index contributed by atoms with van der Waals surface area (Å²) >= 11 is 0. The molecule has 1 unspecified atom stereocenters. The largest absolute Gasteiger partial charge is 0.388 e. The van der Waals surface area contributed by atoms with Gasteiger partial charge in [0.15, 0.2) is 0 Å². The first-order chi connectivity index (χ1) is 8.47. The van der Waals surface area contributed by atoms with Gasteiger partial charge >= 0.3 is 0 Å². The van der Waals surface area contributed by atoms with Crippen molar-refractivity contribution in [3.63, 3.8) is 0 Å². The van der Waals surface area contributed by atoms with Crippen molar-refractivity contribution in [2.24, 2.45) is 0 Å². The summed E-state index contributed by atoms with van der Waals surface area (Å²) in [5.41, 5.74) is 1.53. The molecular weight excluding hydrogens is 250 g/mol. The Kier molecular flexibility index (Phi) is 3.63. The third-order valence-corrected chi connectivity index (χ3v) is 3.78. The van der Waals surface area contributed by atoms with Gasteiger partial charge < -0.3 is 5.11 Å². The Morgan fingerprint density at radius 2 is 2.06 bits per heavy atom. The summed E-state index contributed by atoms with van der Waals surface area (Å²) in [6, 6.07) is 9.16. The van der Waals surface area contributed by atoms with Crippen LogP contribution in [0.1, 0.15) is 18.1 Å². The molecular formula is C13H15NO3S. The van der Waals surface area contributed by atoms with Gasteiger partial charge in [0.05, 0.1) is 17.4 Å². The standard InChI is InChI=1S/C13H15NO3S/c1-18(16,17)9-7-13(15)11-4-2-6-12-10(11)5-3-8-14-12/h2-6,8,13,15H,7,9H2,1H3. The zero-order chi connectivity index (χ0) is 13.2. The Morgan fingerprint density at radius 1 is 1.28 bits per heavy atom. The normalized spacial score (nSPS) is 13.7. The summed E-state index contributed by atoms with van der Waals surface area (Å²) in [4.78, 5) is 4.20. The van der Waals surface area contributed by atoms with E-state index in [0.29, 0.717) is 0 Å². The highest BCUT2D eigenvalue weighted by Crippen LogP contribution is 2.25. The quantitative estimate of drug-likeness (QED) is 0.913. The van der Waals surface area contributed by atoms with Gasteiger partial charge in [0, 0.05) is 17.8 Å². The van der Waals surface area contributed by atoms with E-state index >= 15 is 0 Å². The lowest BCUT2D eigenvalue weighted by atomic mass is 10.0. The highest BCUT2D eigenvalue weighted by molar-refractivity contribution is 7.90. The molecule has 0 fully saturated rings. The zero-order valence-electron chi connectivity index (χ0n) is 10.1. The Bertz CT molecular complexity index is 647. The first-order valence-corrected chi connectivity index (χ1v) is 7.73. The van der Waals surface area contributed by atoms with Gasteiger partial charge in [0.2, 0.25) is 0 Å². The Hall–Kier alpha value is -1.46. The summed E-state index contributed by atoms with van der Waals surface area (Å²) in [6.07, 6.45) is 2.28. The molecule has 0 saturated heterocycles. The first kappa shape index (κ1) is 13.0. The number of aliphatic hydroxyl groups is 1. The molecule has 2 rings (SSSR count). The first-order valence-electron chi connectivity index (χ1n) is 5.67. The number of hydrogen-bond donors (Lipinski definition) is 1. The van der Waals surface area contributed by atoms with E-state index in [4.69, 9.17) is 0 Å². The topological polar surface area (TPSA) is 67.3 Å². The molecule has 0 aliphatic heterocycles.